The highest BCUT2D eigenvalue weighted by Crippen LogP contribution is 2.30. The third kappa shape index (κ3) is 2.51. The molecule has 3 aromatic rings. The van der Waals surface area contributed by atoms with Crippen molar-refractivity contribution in [3.05, 3.63) is 48.5 Å². The molecule has 104 valence electrons. The minimum absolute atomic E-state index is 0.378. The van der Waals surface area contributed by atoms with Gasteiger partial charge in [0.25, 0.3) is 0 Å². The van der Waals surface area contributed by atoms with E-state index in [1.165, 1.54) is 0 Å². The van der Waals surface area contributed by atoms with Gasteiger partial charge < -0.3 is 10.2 Å². The van der Waals surface area contributed by atoms with Crippen LogP contribution >= 0.6 is 0 Å². The number of hydrogen-bond donors (Lipinski definition) is 1. The average Bonchev–Trinajstić information content (AvgIpc) is 2.94. The van der Waals surface area contributed by atoms with E-state index in [1.54, 1.807) is 6.07 Å². The van der Waals surface area contributed by atoms with E-state index in [-0.39, 0.29) is 0 Å². The third-order valence-electron chi connectivity index (χ3n) is 3.18. The second-order valence-corrected chi connectivity index (χ2v) is 4.59. The molecule has 21 heavy (non-hydrogen) atoms. The van der Waals surface area contributed by atoms with Crippen LogP contribution in [0.2, 0.25) is 0 Å². The molecular formula is C16H14N4O. The first kappa shape index (κ1) is 13.0. The highest BCUT2D eigenvalue weighted by atomic mass is 16.4. The van der Waals surface area contributed by atoms with Crippen LogP contribution in [0.25, 0.3) is 11.1 Å². The Kier molecular flexibility index (Phi) is 3.44. The fraction of sp³-hybridized carbons (Fsp3) is 0.125. The molecule has 0 spiro atoms. The number of benzene rings is 2. The molecule has 5 heteroatoms. The standard InChI is InChI=1S/C16H14N4O/c17-10-5-11-20(12-6-2-1-3-7-12)16-19-15-13(18)8-4-9-14(15)21-16/h1-4,6-9H,5,11,18H2. The molecule has 3 rings (SSSR count). The molecule has 0 saturated carbocycles. The summed E-state index contributed by atoms with van der Waals surface area (Å²) >= 11 is 0. The number of oxazole rings is 1. The molecule has 1 aromatic heterocycles. The van der Waals surface area contributed by atoms with Gasteiger partial charge in [0.15, 0.2) is 5.58 Å². The molecule has 0 unspecified atom stereocenters. The summed E-state index contributed by atoms with van der Waals surface area (Å²) in [6, 6.07) is 17.8. The molecule has 0 saturated heterocycles. The minimum atomic E-state index is 0.378. The van der Waals surface area contributed by atoms with Gasteiger partial charge in [-0.1, -0.05) is 24.3 Å². The lowest BCUT2D eigenvalue weighted by molar-refractivity contribution is 0.593. The highest BCUT2D eigenvalue weighted by Gasteiger charge is 2.16. The number of aromatic nitrogens is 1. The molecule has 5 nitrogen and oxygen atoms in total. The van der Waals surface area contributed by atoms with E-state index in [4.69, 9.17) is 15.4 Å². The van der Waals surface area contributed by atoms with E-state index in [2.05, 4.69) is 11.1 Å². The number of hydrogen-bond acceptors (Lipinski definition) is 5. The van der Waals surface area contributed by atoms with Crippen molar-refractivity contribution in [1.29, 1.82) is 5.26 Å². The second kappa shape index (κ2) is 5.55. The van der Waals surface area contributed by atoms with Crippen LogP contribution in [0.1, 0.15) is 6.42 Å². The molecule has 0 radical (unpaired) electrons. The van der Waals surface area contributed by atoms with Crippen LogP contribution in [0.5, 0.6) is 0 Å². The zero-order chi connectivity index (χ0) is 14.7. The van der Waals surface area contributed by atoms with Gasteiger partial charge in [0, 0.05) is 12.2 Å². The Hall–Kier alpha value is -3.00. The van der Waals surface area contributed by atoms with E-state index in [0.29, 0.717) is 35.8 Å². The molecule has 2 aromatic carbocycles. The van der Waals surface area contributed by atoms with Crippen molar-refractivity contribution >= 4 is 28.5 Å². The number of rotatable bonds is 4. The Balaban J connectivity index is 2.06. The maximum atomic E-state index is 8.85. The van der Waals surface area contributed by atoms with Gasteiger partial charge >= 0.3 is 6.01 Å². The fourth-order valence-electron chi connectivity index (χ4n) is 2.18. The van der Waals surface area contributed by atoms with Gasteiger partial charge in [0.2, 0.25) is 0 Å². The Morgan fingerprint density at radius 1 is 1.14 bits per heavy atom. The monoisotopic (exact) mass is 278 g/mol. The lowest BCUT2D eigenvalue weighted by Gasteiger charge is -2.19. The lowest BCUT2D eigenvalue weighted by Crippen LogP contribution is -2.18. The van der Waals surface area contributed by atoms with E-state index in [1.807, 2.05) is 47.4 Å². The molecule has 0 atom stereocenters. The van der Waals surface area contributed by atoms with Crippen molar-refractivity contribution < 1.29 is 4.42 Å². The normalized spacial score (nSPS) is 10.4. The third-order valence-corrected chi connectivity index (χ3v) is 3.18. The summed E-state index contributed by atoms with van der Waals surface area (Å²) in [5.41, 5.74) is 8.71. The molecule has 0 aliphatic carbocycles. The maximum Gasteiger partial charge on any atom is 0.303 e. The predicted molar refractivity (Wildman–Crippen MR) is 82.1 cm³/mol. The van der Waals surface area contributed by atoms with Crippen LogP contribution in [0, 0.1) is 11.3 Å². The number of para-hydroxylation sites is 2. The minimum Gasteiger partial charge on any atom is -0.423 e. The Bertz CT molecular complexity index is 789. The van der Waals surface area contributed by atoms with Crippen LogP contribution < -0.4 is 10.6 Å². The van der Waals surface area contributed by atoms with Gasteiger partial charge in [0.05, 0.1) is 18.2 Å². The number of nitriles is 1. The van der Waals surface area contributed by atoms with Crippen molar-refractivity contribution in [2.45, 2.75) is 6.42 Å². The van der Waals surface area contributed by atoms with Gasteiger partial charge in [-0.15, -0.1) is 0 Å². The number of anilines is 3. The van der Waals surface area contributed by atoms with Crippen LogP contribution in [0.3, 0.4) is 0 Å². The van der Waals surface area contributed by atoms with Gasteiger partial charge in [0.1, 0.15) is 5.52 Å². The zero-order valence-corrected chi connectivity index (χ0v) is 11.4. The molecule has 0 bridgehead atoms. The van der Waals surface area contributed by atoms with E-state index >= 15 is 0 Å². The molecule has 0 aliphatic heterocycles. The lowest BCUT2D eigenvalue weighted by atomic mass is 10.3. The summed E-state index contributed by atoms with van der Waals surface area (Å²) in [4.78, 5) is 6.34. The van der Waals surface area contributed by atoms with Crippen LogP contribution in [0.15, 0.2) is 52.9 Å². The molecule has 0 aliphatic rings. The van der Waals surface area contributed by atoms with Gasteiger partial charge in [-0.2, -0.15) is 10.2 Å². The first-order chi connectivity index (χ1) is 10.3. The second-order valence-electron chi connectivity index (χ2n) is 4.59. The van der Waals surface area contributed by atoms with Gasteiger partial charge in [-0.05, 0) is 24.3 Å². The van der Waals surface area contributed by atoms with Gasteiger partial charge in [-0.3, -0.25) is 4.90 Å². The van der Waals surface area contributed by atoms with E-state index < -0.39 is 0 Å². The summed E-state index contributed by atoms with van der Waals surface area (Å²) < 4.78 is 5.79. The molecular weight excluding hydrogens is 264 g/mol. The number of fused-ring (bicyclic) bond motifs is 1. The summed E-state index contributed by atoms with van der Waals surface area (Å²) in [7, 11) is 0. The smallest absolute Gasteiger partial charge is 0.303 e. The molecule has 0 fully saturated rings. The SMILES string of the molecule is N#CCCN(c1ccccc1)c1nc2c(N)cccc2o1. The topological polar surface area (TPSA) is 79.1 Å². The van der Waals surface area contributed by atoms with Crippen LogP contribution in [0.4, 0.5) is 17.4 Å². The van der Waals surface area contributed by atoms with Crippen molar-refractivity contribution in [2.75, 3.05) is 17.2 Å². The summed E-state index contributed by atoms with van der Waals surface area (Å²) in [6.07, 6.45) is 0.378. The van der Waals surface area contributed by atoms with Crippen molar-refractivity contribution in [3.8, 4) is 6.07 Å². The highest BCUT2D eigenvalue weighted by molar-refractivity contribution is 5.86. The van der Waals surface area contributed by atoms with E-state index in [0.717, 1.165) is 5.69 Å². The largest absolute Gasteiger partial charge is 0.423 e. The Morgan fingerprint density at radius 3 is 2.67 bits per heavy atom. The first-order valence-corrected chi connectivity index (χ1v) is 6.64. The van der Waals surface area contributed by atoms with Crippen LogP contribution in [-0.2, 0) is 0 Å². The summed E-state index contributed by atoms with van der Waals surface area (Å²) in [5.74, 6) is 0. The number of nitrogens with two attached hydrogens (primary N) is 1. The Labute approximate surface area is 122 Å². The molecule has 1 heterocycles. The summed E-state index contributed by atoms with van der Waals surface area (Å²) in [5, 5.41) is 8.85. The number of nitrogen functional groups attached to an aromatic ring is 1. The van der Waals surface area contributed by atoms with Crippen molar-refractivity contribution in [1.82, 2.24) is 4.98 Å². The van der Waals surface area contributed by atoms with Crippen molar-refractivity contribution in [2.24, 2.45) is 0 Å². The fourth-order valence-corrected chi connectivity index (χ4v) is 2.18. The van der Waals surface area contributed by atoms with Gasteiger partial charge in [-0.25, -0.2) is 0 Å². The van der Waals surface area contributed by atoms with Crippen molar-refractivity contribution in [3.63, 3.8) is 0 Å². The zero-order valence-electron chi connectivity index (χ0n) is 11.4. The molecule has 2 N–H and O–H groups in total. The molecule has 0 amide bonds. The Morgan fingerprint density at radius 2 is 1.95 bits per heavy atom. The predicted octanol–water partition coefficient (Wildman–Crippen LogP) is 3.46. The summed E-state index contributed by atoms with van der Waals surface area (Å²) in [6.45, 7) is 0.507. The number of nitrogens with zero attached hydrogens (tertiary/aromatic N) is 3. The first-order valence-electron chi connectivity index (χ1n) is 6.64. The average molecular weight is 278 g/mol. The van der Waals surface area contributed by atoms with Crippen LogP contribution in [-0.4, -0.2) is 11.5 Å². The van der Waals surface area contributed by atoms with E-state index in [9.17, 15) is 0 Å². The quantitative estimate of drug-likeness (QED) is 0.739. The maximum absolute atomic E-state index is 8.85.